The number of methoxy groups -OCH3 is 2. The lowest BCUT2D eigenvalue weighted by Gasteiger charge is -2.13. The molecule has 1 unspecified atom stereocenters. The van der Waals surface area contributed by atoms with Gasteiger partial charge in [-0.25, -0.2) is 0 Å². The van der Waals surface area contributed by atoms with Crippen LogP contribution in [0.4, 0.5) is 0 Å². The van der Waals surface area contributed by atoms with Crippen molar-refractivity contribution in [2.45, 2.75) is 18.7 Å². The molecule has 1 atom stereocenters. The Morgan fingerprint density at radius 1 is 1.29 bits per heavy atom. The first-order valence-corrected chi connectivity index (χ1v) is 8.44. The van der Waals surface area contributed by atoms with Gasteiger partial charge in [-0.1, -0.05) is 13.0 Å². The Balaban J connectivity index is 2.57. The second-order valence-corrected chi connectivity index (χ2v) is 6.04. The molecule has 4 nitrogen and oxygen atoms in total. The summed E-state index contributed by atoms with van der Waals surface area (Å²) >= 11 is 8.03. The second-order valence-electron chi connectivity index (χ2n) is 4.38. The second kappa shape index (κ2) is 9.79. The SMILES string of the molecule is CCCSCCNC(=O)C(Cl)c1ccc(OC)c(OC)c1. The number of halogens is 1. The largest absolute Gasteiger partial charge is 0.493 e. The van der Waals surface area contributed by atoms with Crippen molar-refractivity contribution in [3.05, 3.63) is 23.8 Å². The normalized spacial score (nSPS) is 11.8. The highest BCUT2D eigenvalue weighted by Crippen LogP contribution is 2.32. The van der Waals surface area contributed by atoms with E-state index in [2.05, 4.69) is 12.2 Å². The number of carbonyl (C=O) groups excluding carboxylic acids is 1. The molecule has 1 aromatic carbocycles. The molecule has 118 valence electrons. The summed E-state index contributed by atoms with van der Waals surface area (Å²) in [6.07, 6.45) is 1.14. The molecule has 6 heteroatoms. The standard InChI is InChI=1S/C15H22ClNO3S/c1-4-8-21-9-7-17-15(18)14(16)11-5-6-12(19-2)13(10-11)20-3/h5-6,10,14H,4,7-9H2,1-3H3,(H,17,18). The van der Waals surface area contributed by atoms with E-state index in [1.165, 1.54) is 0 Å². The summed E-state index contributed by atoms with van der Waals surface area (Å²) in [6, 6.07) is 5.24. The topological polar surface area (TPSA) is 47.6 Å². The van der Waals surface area contributed by atoms with Gasteiger partial charge in [0.2, 0.25) is 5.91 Å². The van der Waals surface area contributed by atoms with Gasteiger partial charge in [0.05, 0.1) is 14.2 Å². The van der Waals surface area contributed by atoms with Crippen LogP contribution in [0.2, 0.25) is 0 Å². The number of nitrogens with one attached hydrogen (secondary N) is 1. The van der Waals surface area contributed by atoms with E-state index in [0.29, 0.717) is 23.6 Å². The summed E-state index contributed by atoms with van der Waals surface area (Å²) in [5.74, 6) is 2.99. The van der Waals surface area contributed by atoms with Crippen LogP contribution in [0, 0.1) is 0 Å². The van der Waals surface area contributed by atoms with Crippen molar-refractivity contribution >= 4 is 29.3 Å². The number of carbonyl (C=O) groups is 1. The highest BCUT2D eigenvalue weighted by molar-refractivity contribution is 7.99. The van der Waals surface area contributed by atoms with Gasteiger partial charge in [-0.2, -0.15) is 11.8 Å². The molecule has 1 amide bonds. The van der Waals surface area contributed by atoms with Crippen molar-refractivity contribution in [3.63, 3.8) is 0 Å². The van der Waals surface area contributed by atoms with Crippen LogP contribution in [-0.2, 0) is 4.79 Å². The first kappa shape index (κ1) is 18.0. The number of alkyl halides is 1. The molecule has 1 rings (SSSR count). The Kier molecular flexibility index (Phi) is 8.38. The van der Waals surface area contributed by atoms with Gasteiger partial charge in [-0.15, -0.1) is 11.6 Å². The third kappa shape index (κ3) is 5.67. The summed E-state index contributed by atoms with van der Waals surface area (Å²) < 4.78 is 10.4. The number of thioether (sulfide) groups is 1. The van der Waals surface area contributed by atoms with E-state index in [1.54, 1.807) is 32.4 Å². The Hall–Kier alpha value is -1.07. The van der Waals surface area contributed by atoms with E-state index in [1.807, 2.05) is 11.8 Å². The van der Waals surface area contributed by atoms with Crippen LogP contribution < -0.4 is 14.8 Å². The summed E-state index contributed by atoms with van der Waals surface area (Å²) in [6.45, 7) is 2.76. The van der Waals surface area contributed by atoms with Crippen LogP contribution in [0.5, 0.6) is 11.5 Å². The number of rotatable bonds is 9. The zero-order chi connectivity index (χ0) is 15.7. The predicted molar refractivity (Wildman–Crippen MR) is 88.8 cm³/mol. The number of benzene rings is 1. The molecule has 0 heterocycles. The third-order valence-electron chi connectivity index (χ3n) is 2.82. The average Bonchev–Trinajstić information content (AvgIpc) is 2.53. The van der Waals surface area contributed by atoms with Gasteiger partial charge in [-0.3, -0.25) is 4.79 Å². The molecule has 0 bridgehead atoms. The van der Waals surface area contributed by atoms with Gasteiger partial charge in [0, 0.05) is 12.3 Å². The fourth-order valence-electron chi connectivity index (χ4n) is 1.74. The van der Waals surface area contributed by atoms with Gasteiger partial charge >= 0.3 is 0 Å². The maximum atomic E-state index is 12.0. The van der Waals surface area contributed by atoms with Gasteiger partial charge < -0.3 is 14.8 Å². The Morgan fingerprint density at radius 3 is 2.62 bits per heavy atom. The maximum Gasteiger partial charge on any atom is 0.242 e. The lowest BCUT2D eigenvalue weighted by Crippen LogP contribution is -2.29. The van der Waals surface area contributed by atoms with Crippen molar-refractivity contribution in [1.82, 2.24) is 5.32 Å². The fraction of sp³-hybridized carbons (Fsp3) is 0.533. The predicted octanol–water partition coefficient (Wildman–Crippen LogP) is 3.24. The molecule has 0 aliphatic heterocycles. The summed E-state index contributed by atoms with van der Waals surface area (Å²) in [4.78, 5) is 12.0. The molecule has 0 saturated heterocycles. The van der Waals surface area contributed by atoms with Gasteiger partial charge in [0.15, 0.2) is 11.5 Å². The highest BCUT2D eigenvalue weighted by atomic mass is 35.5. The lowest BCUT2D eigenvalue weighted by atomic mass is 10.1. The van der Waals surface area contributed by atoms with E-state index in [-0.39, 0.29) is 5.91 Å². The maximum absolute atomic E-state index is 12.0. The molecule has 1 N–H and O–H groups in total. The quantitative estimate of drug-likeness (QED) is 0.557. The Bertz CT molecular complexity index is 457. The molecule has 21 heavy (non-hydrogen) atoms. The van der Waals surface area contributed by atoms with Gasteiger partial charge in [0.1, 0.15) is 5.38 Å². The van der Waals surface area contributed by atoms with Crippen molar-refractivity contribution < 1.29 is 14.3 Å². The molecule has 0 saturated carbocycles. The molecule has 1 aromatic rings. The van der Waals surface area contributed by atoms with Crippen molar-refractivity contribution in [3.8, 4) is 11.5 Å². The lowest BCUT2D eigenvalue weighted by molar-refractivity contribution is -0.120. The van der Waals surface area contributed by atoms with Crippen molar-refractivity contribution in [2.24, 2.45) is 0 Å². The number of ether oxygens (including phenoxy) is 2. The van der Waals surface area contributed by atoms with Crippen LogP contribution >= 0.6 is 23.4 Å². The summed E-state index contributed by atoms with van der Waals surface area (Å²) in [5.41, 5.74) is 0.688. The molecule has 0 aliphatic rings. The van der Waals surface area contributed by atoms with Gasteiger partial charge in [0.25, 0.3) is 0 Å². The minimum absolute atomic E-state index is 0.194. The Labute approximate surface area is 135 Å². The number of amides is 1. The molecule has 0 spiro atoms. The van der Waals surface area contributed by atoms with E-state index < -0.39 is 5.38 Å². The summed E-state index contributed by atoms with van der Waals surface area (Å²) in [5, 5.41) is 2.11. The molecular weight excluding hydrogens is 310 g/mol. The van der Waals surface area contributed by atoms with Crippen LogP contribution in [0.15, 0.2) is 18.2 Å². The molecule has 0 aliphatic carbocycles. The zero-order valence-electron chi connectivity index (χ0n) is 12.6. The fourth-order valence-corrected chi connectivity index (χ4v) is 2.70. The number of hydrogen-bond donors (Lipinski definition) is 1. The van der Waals surface area contributed by atoms with Crippen molar-refractivity contribution in [1.29, 1.82) is 0 Å². The average molecular weight is 332 g/mol. The number of hydrogen-bond acceptors (Lipinski definition) is 4. The van der Waals surface area contributed by atoms with Crippen LogP contribution in [0.25, 0.3) is 0 Å². The first-order chi connectivity index (χ1) is 10.1. The molecule has 0 fully saturated rings. The first-order valence-electron chi connectivity index (χ1n) is 6.85. The Morgan fingerprint density at radius 2 is 2.00 bits per heavy atom. The molecule has 0 aromatic heterocycles. The highest BCUT2D eigenvalue weighted by Gasteiger charge is 2.19. The monoisotopic (exact) mass is 331 g/mol. The minimum Gasteiger partial charge on any atom is -0.493 e. The van der Waals surface area contributed by atoms with E-state index in [4.69, 9.17) is 21.1 Å². The van der Waals surface area contributed by atoms with E-state index in [9.17, 15) is 4.79 Å². The van der Waals surface area contributed by atoms with E-state index in [0.717, 1.165) is 17.9 Å². The molecular formula is C15H22ClNO3S. The van der Waals surface area contributed by atoms with Crippen LogP contribution in [0.3, 0.4) is 0 Å². The summed E-state index contributed by atoms with van der Waals surface area (Å²) in [7, 11) is 3.12. The minimum atomic E-state index is -0.735. The third-order valence-corrected chi connectivity index (χ3v) is 4.46. The van der Waals surface area contributed by atoms with Crippen LogP contribution in [-0.4, -0.2) is 38.2 Å². The van der Waals surface area contributed by atoms with Crippen LogP contribution in [0.1, 0.15) is 24.3 Å². The zero-order valence-corrected chi connectivity index (χ0v) is 14.2. The van der Waals surface area contributed by atoms with Crippen molar-refractivity contribution in [2.75, 3.05) is 32.3 Å². The smallest absolute Gasteiger partial charge is 0.242 e. The van der Waals surface area contributed by atoms with E-state index >= 15 is 0 Å². The molecule has 0 radical (unpaired) electrons. The van der Waals surface area contributed by atoms with Gasteiger partial charge in [-0.05, 0) is 29.9 Å².